The van der Waals surface area contributed by atoms with Crippen LogP contribution in [0.25, 0.3) is 0 Å². The van der Waals surface area contributed by atoms with E-state index in [1.54, 1.807) is 58.8 Å². The second kappa shape index (κ2) is 34.9. The highest BCUT2D eigenvalue weighted by atomic mass is 32.1. The van der Waals surface area contributed by atoms with Gasteiger partial charge in [0.1, 0.15) is 54.1 Å². The van der Waals surface area contributed by atoms with Gasteiger partial charge >= 0.3 is 5.97 Å². The molecule has 438 valence electrons. The predicted molar refractivity (Wildman–Crippen MR) is 292 cm³/mol. The third-order valence-electron chi connectivity index (χ3n) is 12.7. The number of nitrogens with two attached hydrogens (primary N) is 3. The van der Waals surface area contributed by atoms with Gasteiger partial charge < -0.3 is 84.9 Å². The van der Waals surface area contributed by atoms with Gasteiger partial charge in [0.25, 0.3) is 0 Å². The van der Waals surface area contributed by atoms with Crippen molar-refractivity contribution in [2.45, 2.75) is 140 Å². The van der Waals surface area contributed by atoms with Gasteiger partial charge in [0.05, 0.1) is 19.7 Å². The molecule has 9 amide bonds. The molecular weight excluding hydrogens is 1040 g/mol. The van der Waals surface area contributed by atoms with Gasteiger partial charge in [-0.05, 0) is 102 Å². The average molecular weight is 1120 g/mol. The summed E-state index contributed by atoms with van der Waals surface area (Å²) < 4.78 is 0. The van der Waals surface area contributed by atoms with Crippen LogP contribution in [0.3, 0.4) is 0 Å². The maximum Gasteiger partial charge on any atom is 0.326 e. The molecule has 28 heteroatoms. The summed E-state index contributed by atoms with van der Waals surface area (Å²) in [5.74, 6) is -9.13. The van der Waals surface area contributed by atoms with Gasteiger partial charge in [0.15, 0.2) is 5.96 Å². The zero-order chi connectivity index (χ0) is 58.6. The van der Waals surface area contributed by atoms with Crippen molar-refractivity contribution in [2.75, 3.05) is 59.2 Å². The summed E-state index contributed by atoms with van der Waals surface area (Å²) in [7, 11) is 3.26. The van der Waals surface area contributed by atoms with E-state index in [2.05, 4.69) is 60.2 Å². The molecule has 1 fully saturated rings. The van der Waals surface area contributed by atoms with Crippen LogP contribution in [0.2, 0.25) is 0 Å². The van der Waals surface area contributed by atoms with Gasteiger partial charge in [0, 0.05) is 25.3 Å². The van der Waals surface area contributed by atoms with E-state index in [1.165, 1.54) is 17.0 Å². The molecule has 1 aromatic carbocycles. The number of likely N-dealkylation sites (N-methyl/N-ethyl adjacent to an activating group) is 1. The standard InChI is InChI=1S/C50H84N14O13S/c1-7-29(4)41(47(74)60-35(49(76)77)22-28(2)3)62-44(71)34(23-30-15-17-31(66)18-16-30)59-46(73)38-14-11-21-64(38)48(75)33(13-10-20-54-50(52)53)58-43(70)32(12-8-9-19-51)56-39(67)24-55-42(69)37(27-78)61-45(72)36(26-65)57-40(68)25-63(5)6/h15-18,28-29,32-38,41,65-66,78H,7-14,19-27,51H2,1-6H3,(H,55,69)(H,56,67)(H,57,68)(H,58,70)(H,59,73)(H,60,74)(H,61,72)(H,62,71)(H,76,77)(H4,52,53,54)/t29-,32-,33-,34-,35-,36-,37-,38-,41-/m0/s1. The molecule has 0 radical (unpaired) electrons. The number of benzene rings is 1. The predicted octanol–water partition coefficient (Wildman–Crippen LogP) is -3.72. The summed E-state index contributed by atoms with van der Waals surface area (Å²) >= 11 is 4.13. The average Bonchev–Trinajstić information content (AvgIpc) is 3.89. The van der Waals surface area contributed by atoms with Crippen LogP contribution >= 0.6 is 12.6 Å². The number of likely N-dealkylation sites (tertiary alicyclic amines) is 1. The van der Waals surface area contributed by atoms with Crippen LogP contribution in [0, 0.1) is 11.8 Å². The molecule has 1 saturated heterocycles. The summed E-state index contributed by atoms with van der Waals surface area (Å²) in [5, 5.41) is 50.0. The van der Waals surface area contributed by atoms with Gasteiger partial charge in [-0.25, -0.2) is 4.79 Å². The second-order valence-electron chi connectivity index (χ2n) is 19.9. The van der Waals surface area contributed by atoms with Crippen LogP contribution in [0.5, 0.6) is 5.75 Å². The lowest BCUT2D eigenvalue weighted by Gasteiger charge is -2.31. The Hall–Kier alpha value is -6.78. The number of nitrogens with zero attached hydrogens (tertiary/aromatic N) is 3. The van der Waals surface area contributed by atoms with Gasteiger partial charge in [-0.15, -0.1) is 0 Å². The number of hydrogen-bond acceptors (Lipinski definition) is 16. The lowest BCUT2D eigenvalue weighted by atomic mass is 9.96. The summed E-state index contributed by atoms with van der Waals surface area (Å²) in [4.78, 5) is 142. The van der Waals surface area contributed by atoms with Gasteiger partial charge in [-0.3, -0.25) is 48.1 Å². The molecule has 27 nitrogen and oxygen atoms in total. The highest BCUT2D eigenvalue weighted by molar-refractivity contribution is 7.80. The van der Waals surface area contributed by atoms with Gasteiger partial charge in [-0.2, -0.15) is 12.6 Å². The highest BCUT2D eigenvalue weighted by Crippen LogP contribution is 2.22. The minimum atomic E-state index is -1.39. The van der Waals surface area contributed by atoms with E-state index < -0.39 is 127 Å². The first-order valence-electron chi connectivity index (χ1n) is 26.2. The van der Waals surface area contributed by atoms with Crippen molar-refractivity contribution in [3.05, 3.63) is 29.8 Å². The smallest absolute Gasteiger partial charge is 0.326 e. The van der Waals surface area contributed by atoms with Gasteiger partial charge in [0.2, 0.25) is 53.2 Å². The summed E-state index contributed by atoms with van der Waals surface area (Å²) in [6, 6.07) is -4.35. The van der Waals surface area contributed by atoms with Crippen molar-refractivity contribution >= 4 is 77.7 Å². The van der Waals surface area contributed by atoms with E-state index in [0.717, 1.165) is 0 Å². The molecule has 17 N–H and O–H groups in total. The molecule has 0 unspecified atom stereocenters. The number of carbonyl (C=O) groups excluding carboxylic acids is 9. The Morgan fingerprint density at radius 2 is 1.36 bits per heavy atom. The maximum atomic E-state index is 14.6. The number of aliphatic carboxylic acids is 1. The lowest BCUT2D eigenvalue weighted by molar-refractivity contribution is -0.143. The van der Waals surface area contributed by atoms with E-state index in [-0.39, 0.29) is 88.1 Å². The van der Waals surface area contributed by atoms with Crippen LogP contribution in [0.1, 0.15) is 91.0 Å². The molecule has 1 heterocycles. The molecular formula is C50H84N14O13S. The normalized spacial score (nSPS) is 16.2. The lowest BCUT2D eigenvalue weighted by Crippen LogP contribution is -2.60. The van der Waals surface area contributed by atoms with E-state index >= 15 is 0 Å². The summed E-state index contributed by atoms with van der Waals surface area (Å²) in [5.41, 5.74) is 17.3. The molecule has 1 aliphatic rings. The van der Waals surface area contributed by atoms with Gasteiger partial charge in [-0.1, -0.05) is 46.2 Å². The zero-order valence-corrected chi connectivity index (χ0v) is 46.4. The van der Waals surface area contributed by atoms with Crippen molar-refractivity contribution in [1.29, 1.82) is 0 Å². The number of guanidine groups is 1. The topological polar surface area (TPSA) is 425 Å². The number of phenolic OH excluding ortho intramolecular Hbond substituents is 1. The zero-order valence-electron chi connectivity index (χ0n) is 45.5. The molecule has 0 aliphatic carbocycles. The minimum Gasteiger partial charge on any atom is -0.508 e. The fourth-order valence-electron chi connectivity index (χ4n) is 8.28. The SMILES string of the molecule is CC[C@H](C)[C@H](NC(=O)[C@H](Cc1ccc(O)cc1)NC(=O)[C@@H]1CCCN1C(=O)[C@H](CCCN=C(N)N)NC(=O)[C@H](CCCCN)NC(=O)CNC(=O)[C@H](CS)NC(=O)[C@H](CO)NC(=O)CN(C)C)C(=O)N[C@@H](CC(C)C)C(=O)O. The third-order valence-corrected chi connectivity index (χ3v) is 13.0. The highest BCUT2D eigenvalue weighted by Gasteiger charge is 2.40. The van der Waals surface area contributed by atoms with Crippen LogP contribution in [0.4, 0.5) is 0 Å². The third kappa shape index (κ3) is 23.9. The first-order chi connectivity index (χ1) is 36.8. The number of aromatic hydroxyl groups is 1. The molecule has 78 heavy (non-hydrogen) atoms. The van der Waals surface area contributed by atoms with E-state index in [9.17, 15) is 63.3 Å². The van der Waals surface area contributed by atoms with Crippen molar-refractivity contribution < 1.29 is 63.3 Å². The van der Waals surface area contributed by atoms with Crippen molar-refractivity contribution in [1.82, 2.24) is 52.3 Å². The Labute approximate surface area is 460 Å². The Kier molecular flexibility index (Phi) is 30.1. The number of nitrogens with one attached hydrogen (secondary N) is 8. The molecule has 0 saturated carbocycles. The van der Waals surface area contributed by atoms with Crippen molar-refractivity contribution in [2.24, 2.45) is 34.0 Å². The van der Waals surface area contributed by atoms with E-state index in [4.69, 9.17) is 17.2 Å². The quantitative estimate of drug-likeness (QED) is 0.0135. The van der Waals surface area contributed by atoms with Crippen LogP contribution in [-0.2, 0) is 54.4 Å². The minimum absolute atomic E-state index is 0.0378. The number of amides is 9. The number of hydrogen-bond donors (Lipinski definition) is 15. The molecule has 0 aromatic heterocycles. The number of phenols is 1. The van der Waals surface area contributed by atoms with Crippen LogP contribution in [0.15, 0.2) is 29.3 Å². The number of carbonyl (C=O) groups is 10. The number of thiol groups is 1. The molecule has 2 rings (SSSR count). The number of aliphatic hydroxyl groups is 1. The number of rotatable bonds is 35. The fourth-order valence-corrected chi connectivity index (χ4v) is 8.53. The Morgan fingerprint density at radius 3 is 1.94 bits per heavy atom. The molecule has 1 aliphatic heterocycles. The largest absolute Gasteiger partial charge is 0.508 e. The molecule has 0 spiro atoms. The Balaban J connectivity index is 2.39. The second-order valence-corrected chi connectivity index (χ2v) is 20.3. The molecule has 1 aromatic rings. The van der Waals surface area contributed by atoms with Crippen molar-refractivity contribution in [3.63, 3.8) is 0 Å². The number of aliphatic hydroxyl groups excluding tert-OH is 1. The summed E-state index contributed by atoms with van der Waals surface area (Å²) in [6.07, 6.45) is 1.90. The first-order valence-corrected chi connectivity index (χ1v) is 26.8. The van der Waals surface area contributed by atoms with E-state index in [0.29, 0.717) is 31.2 Å². The van der Waals surface area contributed by atoms with E-state index in [1.807, 2.05) is 0 Å². The first kappa shape index (κ1) is 67.3. The number of carboxylic acids is 1. The molecule has 9 atom stereocenters. The monoisotopic (exact) mass is 1120 g/mol. The maximum absolute atomic E-state index is 14.6. The van der Waals surface area contributed by atoms with Crippen LogP contribution < -0.4 is 59.7 Å². The fraction of sp³-hybridized carbons (Fsp3) is 0.660. The summed E-state index contributed by atoms with van der Waals surface area (Å²) in [6.45, 7) is 5.97. The number of aliphatic imine (C=N–C) groups is 1. The van der Waals surface area contributed by atoms with Crippen molar-refractivity contribution in [3.8, 4) is 5.75 Å². The molecule has 0 bridgehead atoms. The Bertz CT molecular complexity index is 2200. The Morgan fingerprint density at radius 1 is 0.756 bits per heavy atom. The van der Waals surface area contributed by atoms with Crippen LogP contribution in [-0.4, -0.2) is 198 Å². The number of carboxylic acid groups (broad SMARTS) is 1. The number of unbranched alkanes of at least 4 members (excludes halogenated alkanes) is 1.